The van der Waals surface area contributed by atoms with Gasteiger partial charge in [0.05, 0.1) is 6.04 Å². The van der Waals surface area contributed by atoms with E-state index in [2.05, 4.69) is 17.4 Å². The molecule has 0 spiro atoms. The van der Waals surface area contributed by atoms with Gasteiger partial charge in [-0.15, -0.1) is 0 Å². The molecule has 108 valence electrons. The summed E-state index contributed by atoms with van der Waals surface area (Å²) < 4.78 is 0. The Hall–Kier alpha value is -1.39. The lowest BCUT2D eigenvalue weighted by atomic mass is 9.93. The fraction of sp³-hybridized carbons (Fsp3) is 0.562. The number of nitrogens with zero attached hydrogens (tertiary/aromatic N) is 1. The van der Waals surface area contributed by atoms with E-state index in [1.165, 1.54) is 11.1 Å². The second kappa shape index (κ2) is 5.94. The van der Waals surface area contributed by atoms with Crippen LogP contribution in [-0.2, 0) is 17.8 Å². The third kappa shape index (κ3) is 2.72. The molecule has 1 aromatic rings. The predicted molar refractivity (Wildman–Crippen MR) is 77.2 cm³/mol. The normalized spacial score (nSPS) is 23.4. The quantitative estimate of drug-likeness (QED) is 0.843. The first kappa shape index (κ1) is 13.6. The Morgan fingerprint density at radius 3 is 2.65 bits per heavy atom. The van der Waals surface area contributed by atoms with Crippen LogP contribution in [0.15, 0.2) is 24.3 Å². The van der Waals surface area contributed by atoms with Crippen molar-refractivity contribution in [2.75, 3.05) is 19.7 Å². The molecule has 4 heteroatoms. The minimum atomic E-state index is -0.0874. The van der Waals surface area contributed by atoms with Crippen molar-refractivity contribution in [3.05, 3.63) is 35.4 Å². The molecule has 4 nitrogen and oxygen atoms in total. The molecule has 0 aromatic heterocycles. The number of aliphatic hydroxyl groups excluding tert-OH is 1. The third-order valence-corrected chi connectivity index (χ3v) is 4.56. The first-order valence-electron chi connectivity index (χ1n) is 7.47. The molecule has 3 rings (SSSR count). The molecule has 2 aliphatic heterocycles. The van der Waals surface area contributed by atoms with Crippen LogP contribution in [0, 0.1) is 5.92 Å². The number of hydrogen-bond acceptors (Lipinski definition) is 3. The Balaban J connectivity index is 1.62. The van der Waals surface area contributed by atoms with Gasteiger partial charge >= 0.3 is 0 Å². The Morgan fingerprint density at radius 2 is 1.95 bits per heavy atom. The van der Waals surface area contributed by atoms with Crippen molar-refractivity contribution in [2.24, 2.45) is 5.92 Å². The van der Waals surface area contributed by atoms with Crippen molar-refractivity contribution in [3.63, 3.8) is 0 Å². The Morgan fingerprint density at radius 1 is 1.25 bits per heavy atom. The van der Waals surface area contributed by atoms with Gasteiger partial charge in [0.2, 0.25) is 5.91 Å². The number of carbonyl (C=O) groups is 1. The van der Waals surface area contributed by atoms with E-state index in [0.29, 0.717) is 5.92 Å². The highest BCUT2D eigenvalue weighted by Gasteiger charge is 2.30. The molecule has 2 heterocycles. The minimum absolute atomic E-state index is 0.0874. The van der Waals surface area contributed by atoms with Gasteiger partial charge in [-0.25, -0.2) is 0 Å². The number of hydrogen-bond donors (Lipinski definition) is 2. The Bertz CT molecular complexity index is 481. The number of likely N-dealkylation sites (tertiary alicyclic amines) is 1. The summed E-state index contributed by atoms with van der Waals surface area (Å²) in [6, 6.07) is 8.24. The molecule has 0 bridgehead atoms. The van der Waals surface area contributed by atoms with Gasteiger partial charge in [0.1, 0.15) is 0 Å². The van der Waals surface area contributed by atoms with Crippen LogP contribution in [0.2, 0.25) is 0 Å². The maximum atomic E-state index is 12.6. The standard InChI is InChI=1S/C16H22N2O2/c19-11-12-5-7-18(8-6-12)16(20)15-9-13-3-1-2-4-14(13)10-17-15/h1-4,12,15,17,19H,5-11H2. The molecule has 0 saturated carbocycles. The highest BCUT2D eigenvalue weighted by atomic mass is 16.3. The van der Waals surface area contributed by atoms with Crippen molar-refractivity contribution in [1.29, 1.82) is 0 Å². The fourth-order valence-electron chi connectivity index (χ4n) is 3.19. The maximum Gasteiger partial charge on any atom is 0.240 e. The smallest absolute Gasteiger partial charge is 0.240 e. The molecule has 1 fully saturated rings. The van der Waals surface area contributed by atoms with E-state index in [0.717, 1.165) is 38.9 Å². The van der Waals surface area contributed by atoms with Crippen molar-refractivity contribution in [1.82, 2.24) is 10.2 Å². The molecule has 1 amide bonds. The summed E-state index contributed by atoms with van der Waals surface area (Å²) in [4.78, 5) is 14.5. The first-order valence-corrected chi connectivity index (χ1v) is 7.47. The van der Waals surface area contributed by atoms with Crippen LogP contribution < -0.4 is 5.32 Å². The summed E-state index contributed by atoms with van der Waals surface area (Å²) in [7, 11) is 0. The van der Waals surface area contributed by atoms with Crippen LogP contribution in [-0.4, -0.2) is 41.7 Å². The summed E-state index contributed by atoms with van der Waals surface area (Å²) in [5, 5.41) is 12.5. The molecular weight excluding hydrogens is 252 g/mol. The summed E-state index contributed by atoms with van der Waals surface area (Å²) in [5.74, 6) is 0.593. The Labute approximate surface area is 119 Å². The average molecular weight is 274 g/mol. The van der Waals surface area contributed by atoms with Crippen LogP contribution in [0.3, 0.4) is 0 Å². The minimum Gasteiger partial charge on any atom is -0.396 e. The zero-order valence-electron chi connectivity index (χ0n) is 11.7. The summed E-state index contributed by atoms with van der Waals surface area (Å²) >= 11 is 0. The number of benzene rings is 1. The molecule has 0 radical (unpaired) electrons. The van der Waals surface area contributed by atoms with Gasteiger partial charge < -0.3 is 15.3 Å². The van der Waals surface area contributed by atoms with Crippen molar-refractivity contribution in [2.45, 2.75) is 31.8 Å². The van der Waals surface area contributed by atoms with Crippen molar-refractivity contribution >= 4 is 5.91 Å². The summed E-state index contributed by atoms with van der Waals surface area (Å²) in [5.41, 5.74) is 2.59. The lowest BCUT2D eigenvalue weighted by Gasteiger charge is -2.35. The van der Waals surface area contributed by atoms with Crippen LogP contribution in [0.1, 0.15) is 24.0 Å². The molecule has 1 unspecified atom stereocenters. The molecule has 1 aromatic carbocycles. The topological polar surface area (TPSA) is 52.6 Å². The van der Waals surface area contributed by atoms with Crippen LogP contribution in [0.4, 0.5) is 0 Å². The number of nitrogens with one attached hydrogen (secondary N) is 1. The van der Waals surface area contributed by atoms with E-state index in [9.17, 15) is 4.79 Å². The number of piperidine rings is 1. The summed E-state index contributed by atoms with van der Waals surface area (Å²) in [6.45, 7) is 2.59. The van der Waals surface area contributed by atoms with Crippen LogP contribution >= 0.6 is 0 Å². The number of rotatable bonds is 2. The molecule has 20 heavy (non-hydrogen) atoms. The van der Waals surface area contributed by atoms with Crippen molar-refractivity contribution < 1.29 is 9.90 Å². The molecule has 2 N–H and O–H groups in total. The molecule has 1 atom stereocenters. The van der Waals surface area contributed by atoms with Gasteiger partial charge in [-0.1, -0.05) is 24.3 Å². The van der Waals surface area contributed by atoms with Gasteiger partial charge in [-0.2, -0.15) is 0 Å². The largest absolute Gasteiger partial charge is 0.396 e. The lowest BCUT2D eigenvalue weighted by molar-refractivity contribution is -0.135. The van der Waals surface area contributed by atoms with Gasteiger partial charge in [0.15, 0.2) is 0 Å². The highest BCUT2D eigenvalue weighted by molar-refractivity contribution is 5.82. The van der Waals surface area contributed by atoms with Gasteiger partial charge in [-0.05, 0) is 36.3 Å². The van der Waals surface area contributed by atoms with Crippen LogP contribution in [0.25, 0.3) is 0 Å². The predicted octanol–water partition coefficient (Wildman–Crippen LogP) is 0.932. The van der Waals surface area contributed by atoms with Gasteiger partial charge in [-0.3, -0.25) is 4.79 Å². The average Bonchev–Trinajstić information content (AvgIpc) is 2.54. The summed E-state index contributed by atoms with van der Waals surface area (Å²) in [6.07, 6.45) is 2.63. The number of carbonyl (C=O) groups excluding carboxylic acids is 1. The highest BCUT2D eigenvalue weighted by Crippen LogP contribution is 2.21. The molecule has 1 saturated heterocycles. The van der Waals surface area contributed by atoms with E-state index >= 15 is 0 Å². The van der Waals surface area contributed by atoms with Crippen molar-refractivity contribution in [3.8, 4) is 0 Å². The van der Waals surface area contributed by atoms with E-state index in [4.69, 9.17) is 5.11 Å². The first-order chi connectivity index (χ1) is 9.78. The zero-order valence-corrected chi connectivity index (χ0v) is 11.7. The van der Waals surface area contributed by atoms with E-state index in [1.807, 2.05) is 17.0 Å². The third-order valence-electron chi connectivity index (χ3n) is 4.56. The maximum absolute atomic E-state index is 12.6. The van der Waals surface area contributed by atoms with E-state index in [-0.39, 0.29) is 18.6 Å². The second-order valence-corrected chi connectivity index (χ2v) is 5.86. The number of fused-ring (bicyclic) bond motifs is 1. The monoisotopic (exact) mass is 274 g/mol. The zero-order chi connectivity index (χ0) is 13.9. The molecule has 2 aliphatic rings. The fourth-order valence-corrected chi connectivity index (χ4v) is 3.19. The number of aliphatic hydroxyl groups is 1. The molecule has 0 aliphatic carbocycles. The van der Waals surface area contributed by atoms with E-state index < -0.39 is 0 Å². The van der Waals surface area contributed by atoms with Gasteiger partial charge in [0, 0.05) is 26.2 Å². The second-order valence-electron chi connectivity index (χ2n) is 5.86. The van der Waals surface area contributed by atoms with Gasteiger partial charge in [0.25, 0.3) is 0 Å². The SMILES string of the molecule is O=C(C1Cc2ccccc2CN1)N1CCC(CO)CC1. The van der Waals surface area contributed by atoms with E-state index in [1.54, 1.807) is 0 Å². The number of amides is 1. The van der Waals surface area contributed by atoms with Crippen LogP contribution in [0.5, 0.6) is 0 Å². The lowest BCUT2D eigenvalue weighted by Crippen LogP contribution is -2.51. The molecular formula is C16H22N2O2. The Kier molecular flexibility index (Phi) is 4.03.